The van der Waals surface area contributed by atoms with E-state index in [4.69, 9.17) is 11.6 Å². The zero-order chi connectivity index (χ0) is 11.8. The van der Waals surface area contributed by atoms with Gasteiger partial charge in [-0.25, -0.2) is 0 Å². The Morgan fingerprint density at radius 2 is 1.94 bits per heavy atom. The van der Waals surface area contributed by atoms with Gasteiger partial charge in [0.2, 0.25) is 0 Å². The third-order valence-electron chi connectivity index (χ3n) is 2.24. The van der Waals surface area contributed by atoms with Crippen molar-refractivity contribution < 1.29 is 0 Å². The minimum absolute atomic E-state index is 0.106. The van der Waals surface area contributed by atoms with Crippen molar-refractivity contribution >= 4 is 42.2 Å². The van der Waals surface area contributed by atoms with Gasteiger partial charge in [-0.2, -0.15) is 0 Å². The van der Waals surface area contributed by atoms with E-state index in [1.807, 2.05) is 6.07 Å². The molecule has 2 radical (unpaired) electrons. The molecule has 82 valence electrons. The number of hydrogen-bond acceptors (Lipinski definition) is 1. The summed E-state index contributed by atoms with van der Waals surface area (Å²) < 4.78 is 1.91. The molecule has 1 aromatic heterocycles. The third kappa shape index (κ3) is 2.77. The maximum atomic E-state index is 6.04. The van der Waals surface area contributed by atoms with Crippen molar-refractivity contribution in [2.75, 3.05) is 0 Å². The first-order valence-corrected chi connectivity index (χ1v) is 7.76. The van der Waals surface area contributed by atoms with Gasteiger partial charge in [0.15, 0.2) is 0 Å². The van der Waals surface area contributed by atoms with Gasteiger partial charge in [-0.1, -0.05) is 0 Å². The Morgan fingerprint density at radius 1 is 1.19 bits per heavy atom. The molecule has 0 spiro atoms. The summed E-state index contributed by atoms with van der Waals surface area (Å²) in [6.45, 7) is 6.91. The summed E-state index contributed by atoms with van der Waals surface area (Å²) in [5, 5.41) is 2.85. The third-order valence-corrected chi connectivity index (χ3v) is 5.37. The van der Waals surface area contributed by atoms with Crippen LogP contribution in [0.15, 0.2) is 30.5 Å². The molecule has 2 rings (SSSR count). The first-order valence-electron chi connectivity index (χ1n) is 5.28. The van der Waals surface area contributed by atoms with Crippen LogP contribution in [0.5, 0.6) is 0 Å². The summed E-state index contributed by atoms with van der Waals surface area (Å²) in [6.07, 6.45) is 1.77. The van der Waals surface area contributed by atoms with E-state index in [1.54, 1.807) is 6.20 Å². The second kappa shape index (κ2) is 4.38. The van der Waals surface area contributed by atoms with E-state index >= 15 is 0 Å². The van der Waals surface area contributed by atoms with Gasteiger partial charge in [-0.15, -0.1) is 0 Å². The molecule has 0 bridgehead atoms. The van der Waals surface area contributed by atoms with Crippen LogP contribution in [0, 0.1) is 0 Å². The Balaban J connectivity index is 2.45. The topological polar surface area (TPSA) is 12.9 Å². The minimum atomic E-state index is -0.106. The van der Waals surface area contributed by atoms with Gasteiger partial charge in [-0.3, -0.25) is 0 Å². The summed E-state index contributed by atoms with van der Waals surface area (Å²) in [4.78, 5) is 4.09. The van der Waals surface area contributed by atoms with Crippen LogP contribution in [0.25, 0.3) is 10.8 Å². The number of halogens is 1. The van der Waals surface area contributed by atoms with Gasteiger partial charge in [0.25, 0.3) is 0 Å². The molecule has 0 aliphatic carbocycles. The average Bonchev–Trinajstić information content (AvgIpc) is 2.15. The normalized spacial score (nSPS) is 12.0. The first-order chi connectivity index (χ1) is 7.46. The SMILES string of the molecule is C[C](C)(C)[Ge][c]1ccc2c(Cl)nccc2c1. The van der Waals surface area contributed by atoms with Crippen LogP contribution in [-0.4, -0.2) is 20.4 Å². The molecule has 1 heterocycles. The van der Waals surface area contributed by atoms with Crippen LogP contribution in [-0.2, 0) is 0 Å². The number of fused-ring (bicyclic) bond motifs is 1. The van der Waals surface area contributed by atoms with Crippen molar-refractivity contribution in [1.82, 2.24) is 4.98 Å². The second-order valence-corrected chi connectivity index (χ2v) is 10.2. The van der Waals surface area contributed by atoms with Gasteiger partial charge < -0.3 is 0 Å². The summed E-state index contributed by atoms with van der Waals surface area (Å²) in [5.74, 6) is 0. The zero-order valence-electron chi connectivity index (χ0n) is 9.71. The van der Waals surface area contributed by atoms with Crippen molar-refractivity contribution in [2.45, 2.75) is 25.0 Å². The average molecular weight is 292 g/mol. The Morgan fingerprint density at radius 3 is 2.62 bits per heavy atom. The van der Waals surface area contributed by atoms with E-state index < -0.39 is 0 Å². The Bertz CT molecular complexity index is 517. The summed E-state index contributed by atoms with van der Waals surface area (Å²) >= 11 is 5.94. The van der Waals surface area contributed by atoms with E-state index in [0.717, 1.165) is 5.39 Å². The fourth-order valence-electron chi connectivity index (χ4n) is 1.65. The van der Waals surface area contributed by atoms with Crippen molar-refractivity contribution in [3.8, 4) is 0 Å². The van der Waals surface area contributed by atoms with E-state index in [2.05, 4.69) is 44.0 Å². The second-order valence-electron chi connectivity index (χ2n) is 4.91. The number of aromatic nitrogens is 1. The Hall–Kier alpha value is -0.537. The molecule has 0 amide bonds. The number of rotatable bonds is 1. The van der Waals surface area contributed by atoms with Crippen LogP contribution < -0.4 is 4.40 Å². The van der Waals surface area contributed by atoms with Crippen LogP contribution in [0.1, 0.15) is 20.8 Å². The molecule has 0 saturated heterocycles. The molecule has 0 atom stereocenters. The molecule has 16 heavy (non-hydrogen) atoms. The standard InChI is InChI=1S/C13H14ClGeN/c1-13(2,3)15-10-4-5-11-9(8-10)6-7-16-12(11)14/h4-8H,1-3H3. The predicted octanol–water partition coefficient (Wildman–Crippen LogP) is 3.44. The molecule has 2 aromatic rings. The van der Waals surface area contributed by atoms with Gasteiger partial charge in [-0.05, 0) is 0 Å². The molecule has 0 aliphatic heterocycles. The zero-order valence-corrected chi connectivity index (χ0v) is 12.6. The Labute approximate surface area is 108 Å². The van der Waals surface area contributed by atoms with Crippen LogP contribution >= 0.6 is 11.6 Å². The van der Waals surface area contributed by atoms with Crippen molar-refractivity contribution in [1.29, 1.82) is 0 Å². The van der Waals surface area contributed by atoms with Crippen molar-refractivity contribution in [2.24, 2.45) is 0 Å². The molecule has 0 aliphatic rings. The van der Waals surface area contributed by atoms with Crippen molar-refractivity contribution in [3.63, 3.8) is 0 Å². The van der Waals surface area contributed by atoms with Gasteiger partial charge in [0.05, 0.1) is 0 Å². The quantitative estimate of drug-likeness (QED) is 0.579. The van der Waals surface area contributed by atoms with E-state index in [-0.39, 0.29) is 15.4 Å². The molecular formula is C13H14ClGeN. The number of benzene rings is 1. The summed E-state index contributed by atoms with van der Waals surface area (Å²) in [7, 11) is 0. The molecule has 0 saturated carbocycles. The van der Waals surface area contributed by atoms with Crippen LogP contribution in [0.4, 0.5) is 0 Å². The molecule has 0 N–H and O–H groups in total. The summed E-state index contributed by atoms with van der Waals surface area (Å²) in [6, 6.07) is 8.57. The molecule has 1 aromatic carbocycles. The first kappa shape index (κ1) is 11.9. The van der Waals surface area contributed by atoms with E-state index in [9.17, 15) is 0 Å². The maximum absolute atomic E-state index is 6.04. The molecule has 0 unspecified atom stereocenters. The van der Waals surface area contributed by atoms with Gasteiger partial charge in [0.1, 0.15) is 0 Å². The number of pyridine rings is 1. The molecule has 3 heteroatoms. The number of hydrogen-bond donors (Lipinski definition) is 0. The monoisotopic (exact) mass is 293 g/mol. The molecule has 0 fully saturated rings. The summed E-state index contributed by atoms with van der Waals surface area (Å²) in [5.41, 5.74) is 0. The fraction of sp³-hybridized carbons (Fsp3) is 0.308. The molecule has 1 nitrogen and oxygen atoms in total. The van der Waals surface area contributed by atoms with Crippen LogP contribution in [0.3, 0.4) is 0 Å². The van der Waals surface area contributed by atoms with E-state index in [0.29, 0.717) is 9.40 Å². The molecular weight excluding hydrogens is 278 g/mol. The van der Waals surface area contributed by atoms with Gasteiger partial charge >= 0.3 is 108 Å². The van der Waals surface area contributed by atoms with Crippen molar-refractivity contribution in [3.05, 3.63) is 35.6 Å². The Kier molecular flexibility index (Phi) is 3.27. The van der Waals surface area contributed by atoms with E-state index in [1.165, 1.54) is 9.78 Å². The fourth-order valence-corrected chi connectivity index (χ4v) is 4.52. The van der Waals surface area contributed by atoms with Gasteiger partial charge in [0, 0.05) is 0 Å². The predicted molar refractivity (Wildman–Crippen MR) is 71.9 cm³/mol. The van der Waals surface area contributed by atoms with Crippen LogP contribution in [0.2, 0.25) is 9.40 Å². The number of nitrogens with zero attached hydrogens (tertiary/aromatic N) is 1.